The van der Waals surface area contributed by atoms with Gasteiger partial charge >= 0.3 is 23.9 Å². The second kappa shape index (κ2) is 9.85. The van der Waals surface area contributed by atoms with Crippen molar-refractivity contribution in [3.63, 3.8) is 0 Å². The Labute approximate surface area is 236 Å². The molecule has 1 saturated heterocycles. The molecule has 5 aliphatic rings. The lowest BCUT2D eigenvalue weighted by Gasteiger charge is -2.57. The summed E-state index contributed by atoms with van der Waals surface area (Å²) in [4.78, 5) is 49.1. The average molecular weight is 561 g/mol. The van der Waals surface area contributed by atoms with E-state index in [1.807, 2.05) is 0 Å². The monoisotopic (exact) mass is 560 g/mol. The maximum absolute atomic E-state index is 13.1. The molecule has 1 aliphatic heterocycles. The van der Waals surface area contributed by atoms with Gasteiger partial charge in [-0.3, -0.25) is 14.4 Å². The third-order valence-electron chi connectivity index (χ3n) is 11.2. The number of carbonyl (C=O) groups excluding carboxylic acids is 4. The van der Waals surface area contributed by atoms with Crippen LogP contribution in [0, 0.1) is 28.6 Å². The van der Waals surface area contributed by atoms with E-state index in [9.17, 15) is 19.2 Å². The summed E-state index contributed by atoms with van der Waals surface area (Å²) in [6, 6.07) is 0. The van der Waals surface area contributed by atoms with Crippen molar-refractivity contribution in [2.45, 2.75) is 123 Å². The topological polar surface area (TPSA) is 118 Å². The molecule has 222 valence electrons. The molecular formula is C31H44O9. The molecular weight excluding hydrogens is 516 g/mol. The third kappa shape index (κ3) is 4.12. The maximum atomic E-state index is 13.1. The minimum atomic E-state index is -1.26. The summed E-state index contributed by atoms with van der Waals surface area (Å²) in [6.07, 6.45) is 6.38. The fraction of sp³-hybridized carbons (Fsp3) is 0.806. The van der Waals surface area contributed by atoms with Gasteiger partial charge in [-0.25, -0.2) is 4.79 Å². The lowest BCUT2D eigenvalue weighted by Crippen LogP contribution is -2.56. The van der Waals surface area contributed by atoms with Gasteiger partial charge < -0.3 is 23.7 Å². The molecule has 0 N–H and O–H groups in total. The molecule has 3 saturated carbocycles. The van der Waals surface area contributed by atoms with Gasteiger partial charge in [0.05, 0.1) is 6.61 Å². The smallest absolute Gasteiger partial charge is 0.350 e. The van der Waals surface area contributed by atoms with E-state index in [1.54, 1.807) is 13.8 Å². The van der Waals surface area contributed by atoms with Crippen LogP contribution >= 0.6 is 0 Å². The largest absolute Gasteiger partial charge is 0.463 e. The van der Waals surface area contributed by atoms with Gasteiger partial charge in [0.2, 0.25) is 6.10 Å². The van der Waals surface area contributed by atoms with Gasteiger partial charge in [-0.2, -0.15) is 0 Å². The molecule has 0 radical (unpaired) electrons. The Hall–Kier alpha value is -2.42. The Bertz CT molecular complexity index is 1130. The van der Waals surface area contributed by atoms with E-state index in [-0.39, 0.29) is 30.0 Å². The van der Waals surface area contributed by atoms with Crippen LogP contribution in [-0.4, -0.2) is 60.0 Å². The number of allylic oxidation sites excluding steroid dienone is 1. The molecule has 9 heteroatoms. The van der Waals surface area contributed by atoms with Crippen molar-refractivity contribution in [3.8, 4) is 0 Å². The van der Waals surface area contributed by atoms with Gasteiger partial charge in [0.15, 0.2) is 0 Å². The average Bonchev–Trinajstić information content (AvgIpc) is 3.43. The zero-order valence-electron chi connectivity index (χ0n) is 24.9. The summed E-state index contributed by atoms with van der Waals surface area (Å²) in [6.45, 7) is 12.3. The molecule has 5 rings (SSSR count). The number of esters is 4. The molecule has 1 spiro atoms. The summed E-state index contributed by atoms with van der Waals surface area (Å²) in [7, 11) is 0. The summed E-state index contributed by atoms with van der Waals surface area (Å²) < 4.78 is 29.0. The minimum Gasteiger partial charge on any atom is -0.463 e. The first-order valence-corrected chi connectivity index (χ1v) is 14.8. The number of fused-ring (bicyclic) bond motifs is 6. The Morgan fingerprint density at radius 3 is 2.30 bits per heavy atom. The number of hydrogen-bond acceptors (Lipinski definition) is 9. The molecule has 4 aliphatic carbocycles. The van der Waals surface area contributed by atoms with Crippen LogP contribution in [0.4, 0.5) is 0 Å². The second-order valence-electron chi connectivity index (χ2n) is 13.2. The van der Waals surface area contributed by atoms with Crippen LogP contribution in [0.2, 0.25) is 0 Å². The quantitative estimate of drug-likeness (QED) is 0.201. The number of rotatable bonds is 6. The number of epoxide rings is 1. The molecule has 0 bridgehead atoms. The van der Waals surface area contributed by atoms with Gasteiger partial charge in [-0.1, -0.05) is 25.5 Å². The van der Waals surface area contributed by atoms with Crippen LogP contribution in [0.15, 0.2) is 11.6 Å². The van der Waals surface area contributed by atoms with Crippen molar-refractivity contribution >= 4 is 23.9 Å². The molecule has 40 heavy (non-hydrogen) atoms. The molecule has 10 atom stereocenters. The van der Waals surface area contributed by atoms with Crippen molar-refractivity contribution in [3.05, 3.63) is 11.6 Å². The van der Waals surface area contributed by atoms with Gasteiger partial charge in [-0.05, 0) is 75.5 Å². The van der Waals surface area contributed by atoms with Gasteiger partial charge in [0, 0.05) is 32.6 Å². The van der Waals surface area contributed by atoms with Crippen LogP contribution in [0.25, 0.3) is 0 Å². The lowest BCUT2D eigenvalue weighted by atomic mass is 9.46. The SMILES string of the molecule is CCOC(=O)C(OC(C)=O)C1(C)O[C@@]12[C@H](OC(C)=O)C[C@H]1[C@@H]3CC=C4C[C@@H](OC(C)=O)CC[C@]4(C)[C@H]3CC[C@@]12C. The van der Waals surface area contributed by atoms with Crippen LogP contribution in [0.1, 0.15) is 93.4 Å². The number of carbonyl (C=O) groups is 4. The first kappa shape index (κ1) is 29.1. The molecule has 2 unspecified atom stereocenters. The molecule has 0 aromatic heterocycles. The summed E-state index contributed by atoms with van der Waals surface area (Å²) >= 11 is 0. The summed E-state index contributed by atoms with van der Waals surface area (Å²) in [5.41, 5.74) is -1.17. The third-order valence-corrected chi connectivity index (χ3v) is 11.2. The normalized spacial score (nSPS) is 43.8. The standard InChI is InChI=1S/C31H44O9/c1-8-36-27(35)26(39-19(4)34)30(7)31(40-30)25(38-18(3)33)16-24-22-10-9-20-15-21(37-17(2)32)11-13-28(20,5)23(22)12-14-29(24,31)6/h9,21-26H,8,10-16H2,1-7H3/t21-,22+,23-,24-,25+,26?,28-,29-,30?,31+/m0/s1. The van der Waals surface area contributed by atoms with Gasteiger partial charge in [0.25, 0.3) is 0 Å². The summed E-state index contributed by atoms with van der Waals surface area (Å²) in [5.74, 6) is -0.913. The van der Waals surface area contributed by atoms with Crippen molar-refractivity contribution < 1.29 is 42.9 Å². The van der Waals surface area contributed by atoms with E-state index in [0.29, 0.717) is 18.3 Å². The van der Waals surface area contributed by atoms with Crippen molar-refractivity contribution in [2.75, 3.05) is 6.61 Å². The first-order valence-electron chi connectivity index (χ1n) is 14.8. The fourth-order valence-corrected chi connectivity index (χ4v) is 9.67. The second-order valence-corrected chi connectivity index (χ2v) is 13.2. The molecule has 0 aromatic rings. The van der Waals surface area contributed by atoms with Crippen molar-refractivity contribution in [1.82, 2.24) is 0 Å². The van der Waals surface area contributed by atoms with Gasteiger partial charge in [0.1, 0.15) is 23.4 Å². The van der Waals surface area contributed by atoms with Crippen molar-refractivity contribution in [2.24, 2.45) is 28.6 Å². The zero-order valence-corrected chi connectivity index (χ0v) is 24.9. The van der Waals surface area contributed by atoms with Crippen LogP contribution in [0.5, 0.6) is 0 Å². The molecule has 1 heterocycles. The highest BCUT2D eigenvalue weighted by Gasteiger charge is 2.88. The van der Waals surface area contributed by atoms with E-state index < -0.39 is 46.7 Å². The Morgan fingerprint density at radius 2 is 1.68 bits per heavy atom. The highest BCUT2D eigenvalue weighted by molar-refractivity contribution is 5.81. The molecule has 0 amide bonds. The Morgan fingerprint density at radius 1 is 0.975 bits per heavy atom. The first-order chi connectivity index (χ1) is 18.7. The summed E-state index contributed by atoms with van der Waals surface area (Å²) in [5, 5.41) is 0. The van der Waals surface area contributed by atoms with Crippen LogP contribution in [-0.2, 0) is 42.9 Å². The van der Waals surface area contributed by atoms with E-state index >= 15 is 0 Å². The van der Waals surface area contributed by atoms with Crippen LogP contribution in [0.3, 0.4) is 0 Å². The highest BCUT2D eigenvalue weighted by Crippen LogP contribution is 2.76. The minimum absolute atomic E-state index is 0.0203. The van der Waals surface area contributed by atoms with Crippen LogP contribution < -0.4 is 0 Å². The molecule has 0 aromatic carbocycles. The predicted molar refractivity (Wildman–Crippen MR) is 143 cm³/mol. The molecule has 4 fully saturated rings. The number of ether oxygens (including phenoxy) is 5. The Kier molecular flexibility index (Phi) is 7.16. The van der Waals surface area contributed by atoms with E-state index in [1.165, 1.54) is 26.3 Å². The Balaban J connectivity index is 1.49. The van der Waals surface area contributed by atoms with Crippen molar-refractivity contribution in [1.29, 1.82) is 0 Å². The van der Waals surface area contributed by atoms with Gasteiger partial charge in [-0.15, -0.1) is 0 Å². The van der Waals surface area contributed by atoms with E-state index in [2.05, 4.69) is 19.9 Å². The zero-order chi connectivity index (χ0) is 29.3. The predicted octanol–water partition coefficient (Wildman–Crippen LogP) is 4.45. The lowest BCUT2D eigenvalue weighted by molar-refractivity contribution is -0.171. The number of hydrogen-bond donors (Lipinski definition) is 0. The molecule has 9 nitrogen and oxygen atoms in total. The van der Waals surface area contributed by atoms with E-state index in [4.69, 9.17) is 23.7 Å². The van der Waals surface area contributed by atoms with E-state index in [0.717, 1.165) is 38.5 Å². The maximum Gasteiger partial charge on any atom is 0.350 e. The fourth-order valence-electron chi connectivity index (χ4n) is 9.67. The highest BCUT2D eigenvalue weighted by atomic mass is 16.7.